The quantitative estimate of drug-likeness (QED) is 0.808. The Morgan fingerprint density at radius 1 is 1.24 bits per heavy atom. The van der Waals surface area contributed by atoms with Crippen LogP contribution in [0.2, 0.25) is 0 Å². The van der Waals surface area contributed by atoms with Crippen molar-refractivity contribution in [1.29, 1.82) is 0 Å². The molecule has 3 rings (SSSR count). The highest BCUT2D eigenvalue weighted by molar-refractivity contribution is 5.98. The summed E-state index contributed by atoms with van der Waals surface area (Å²) in [5.41, 5.74) is 2.65. The second kappa shape index (κ2) is 7.75. The molecule has 0 saturated carbocycles. The number of hydrogen-bond donors (Lipinski definition) is 1. The molecule has 1 aromatic heterocycles. The van der Waals surface area contributed by atoms with Crippen LogP contribution >= 0.6 is 0 Å². The van der Waals surface area contributed by atoms with E-state index < -0.39 is 0 Å². The summed E-state index contributed by atoms with van der Waals surface area (Å²) >= 11 is 0. The maximum absolute atomic E-state index is 11.7. The van der Waals surface area contributed by atoms with Crippen LogP contribution in [0.3, 0.4) is 0 Å². The van der Waals surface area contributed by atoms with Gasteiger partial charge in [-0.25, -0.2) is 0 Å². The van der Waals surface area contributed by atoms with E-state index in [1.54, 1.807) is 13.4 Å². The van der Waals surface area contributed by atoms with Gasteiger partial charge in [0.1, 0.15) is 12.4 Å². The van der Waals surface area contributed by atoms with Gasteiger partial charge in [-0.2, -0.15) is 0 Å². The topological polar surface area (TPSA) is 60.7 Å². The first-order valence-electron chi connectivity index (χ1n) is 8.18. The van der Waals surface area contributed by atoms with Crippen LogP contribution in [0.5, 0.6) is 11.5 Å². The standard InChI is InChI=1S/C20H21NO4/c1-14-17(8-9-18(14)22)21-15-7-10-19(23-2)20(13-15)25-12-4-6-16-5-3-11-24-16/h3-7,10-11,13,21H,8-9,12H2,1-2H3/b6-4+. The first kappa shape index (κ1) is 16.9. The fourth-order valence-corrected chi connectivity index (χ4v) is 2.67. The van der Waals surface area contributed by atoms with Crippen molar-refractivity contribution in [2.75, 3.05) is 19.0 Å². The van der Waals surface area contributed by atoms with Crippen LogP contribution in [0, 0.1) is 0 Å². The van der Waals surface area contributed by atoms with E-state index in [1.165, 1.54) is 0 Å². The lowest BCUT2D eigenvalue weighted by Crippen LogP contribution is -2.01. The van der Waals surface area contributed by atoms with Crippen LogP contribution in [-0.4, -0.2) is 19.5 Å². The Morgan fingerprint density at radius 3 is 2.80 bits per heavy atom. The summed E-state index contributed by atoms with van der Waals surface area (Å²) in [6, 6.07) is 9.35. The second-order valence-electron chi connectivity index (χ2n) is 5.75. The van der Waals surface area contributed by atoms with Gasteiger partial charge in [0.25, 0.3) is 0 Å². The number of ether oxygens (including phenoxy) is 2. The van der Waals surface area contributed by atoms with Gasteiger partial charge in [-0.15, -0.1) is 0 Å². The summed E-state index contributed by atoms with van der Waals surface area (Å²) in [6.45, 7) is 2.25. The molecule has 25 heavy (non-hydrogen) atoms. The van der Waals surface area contributed by atoms with Crippen LogP contribution in [0.15, 0.2) is 58.4 Å². The second-order valence-corrected chi connectivity index (χ2v) is 5.75. The van der Waals surface area contributed by atoms with Crippen molar-refractivity contribution in [3.05, 3.63) is 59.7 Å². The van der Waals surface area contributed by atoms with Crippen LogP contribution in [0.1, 0.15) is 25.5 Å². The first-order chi connectivity index (χ1) is 12.2. The molecule has 0 aliphatic heterocycles. The average Bonchev–Trinajstić information content (AvgIpc) is 3.24. The summed E-state index contributed by atoms with van der Waals surface area (Å²) in [4.78, 5) is 11.7. The Hall–Kier alpha value is -2.95. The van der Waals surface area contributed by atoms with E-state index >= 15 is 0 Å². The lowest BCUT2D eigenvalue weighted by Gasteiger charge is -2.13. The molecule has 5 heteroatoms. The predicted molar refractivity (Wildman–Crippen MR) is 96.8 cm³/mol. The van der Waals surface area contributed by atoms with Gasteiger partial charge in [0.05, 0.1) is 13.4 Å². The molecule has 0 saturated heterocycles. The van der Waals surface area contributed by atoms with E-state index in [0.717, 1.165) is 29.1 Å². The molecular weight excluding hydrogens is 318 g/mol. The van der Waals surface area contributed by atoms with Gasteiger partial charge < -0.3 is 19.2 Å². The van der Waals surface area contributed by atoms with E-state index in [-0.39, 0.29) is 5.78 Å². The first-order valence-corrected chi connectivity index (χ1v) is 8.18. The van der Waals surface area contributed by atoms with Gasteiger partial charge in [0.2, 0.25) is 0 Å². The van der Waals surface area contributed by atoms with Crippen LogP contribution in [0.25, 0.3) is 6.08 Å². The number of carbonyl (C=O) groups excluding carboxylic acids is 1. The number of anilines is 1. The number of nitrogens with one attached hydrogen (secondary N) is 1. The number of methoxy groups -OCH3 is 1. The number of ketones is 1. The van der Waals surface area contributed by atoms with Crippen molar-refractivity contribution in [1.82, 2.24) is 0 Å². The normalized spacial score (nSPS) is 14.4. The fourth-order valence-electron chi connectivity index (χ4n) is 2.67. The lowest BCUT2D eigenvalue weighted by molar-refractivity contribution is -0.114. The highest BCUT2D eigenvalue weighted by Crippen LogP contribution is 2.32. The molecular formula is C20H21NO4. The zero-order valence-electron chi connectivity index (χ0n) is 14.4. The van der Waals surface area contributed by atoms with E-state index in [9.17, 15) is 4.79 Å². The van der Waals surface area contributed by atoms with E-state index in [0.29, 0.717) is 24.5 Å². The molecule has 0 atom stereocenters. The summed E-state index contributed by atoms with van der Waals surface area (Å²) in [6.07, 6.45) is 6.68. The van der Waals surface area contributed by atoms with E-state index in [2.05, 4.69) is 5.32 Å². The molecule has 5 nitrogen and oxygen atoms in total. The van der Waals surface area contributed by atoms with Crippen LogP contribution in [0.4, 0.5) is 5.69 Å². The zero-order valence-corrected chi connectivity index (χ0v) is 14.4. The van der Waals surface area contributed by atoms with Gasteiger partial charge in [0, 0.05) is 29.4 Å². The maximum atomic E-state index is 11.7. The monoisotopic (exact) mass is 339 g/mol. The number of carbonyl (C=O) groups is 1. The SMILES string of the molecule is COc1ccc(NC2=C(C)C(=O)CC2)cc1OC/C=C/c1ccco1. The van der Waals surface area contributed by atoms with Crippen molar-refractivity contribution >= 4 is 17.5 Å². The molecule has 1 aliphatic rings. The Balaban J connectivity index is 1.68. The molecule has 0 fully saturated rings. The van der Waals surface area contributed by atoms with Crippen molar-refractivity contribution < 1.29 is 18.7 Å². The molecule has 1 aliphatic carbocycles. The molecule has 0 unspecified atom stereocenters. The molecule has 1 aromatic carbocycles. The largest absolute Gasteiger partial charge is 0.493 e. The number of furan rings is 1. The molecule has 0 spiro atoms. The van der Waals surface area contributed by atoms with E-state index in [1.807, 2.05) is 49.4 Å². The minimum atomic E-state index is 0.204. The third kappa shape index (κ3) is 4.12. The highest BCUT2D eigenvalue weighted by atomic mass is 16.5. The predicted octanol–water partition coefficient (Wildman–Crippen LogP) is 4.43. The van der Waals surface area contributed by atoms with Crippen molar-refractivity contribution in [3.63, 3.8) is 0 Å². The number of Topliss-reactive ketones (excluding diaryl/α,β-unsaturated/α-hetero) is 1. The molecule has 1 N–H and O–H groups in total. The van der Waals surface area contributed by atoms with Gasteiger partial charge in [0.15, 0.2) is 17.3 Å². The van der Waals surface area contributed by atoms with Crippen molar-refractivity contribution in [2.45, 2.75) is 19.8 Å². The minimum Gasteiger partial charge on any atom is -0.493 e. The average molecular weight is 339 g/mol. The third-order valence-electron chi connectivity index (χ3n) is 4.09. The number of allylic oxidation sites excluding steroid dienone is 2. The summed E-state index contributed by atoms with van der Waals surface area (Å²) in [5, 5.41) is 3.32. The highest BCUT2D eigenvalue weighted by Gasteiger charge is 2.19. The summed E-state index contributed by atoms with van der Waals surface area (Å²) < 4.78 is 16.4. The molecule has 2 aromatic rings. The van der Waals surface area contributed by atoms with Crippen molar-refractivity contribution in [3.8, 4) is 11.5 Å². The smallest absolute Gasteiger partial charge is 0.163 e. The third-order valence-corrected chi connectivity index (χ3v) is 4.09. The number of benzene rings is 1. The Morgan fingerprint density at radius 2 is 2.12 bits per heavy atom. The van der Waals surface area contributed by atoms with Crippen LogP contribution < -0.4 is 14.8 Å². The number of hydrogen-bond acceptors (Lipinski definition) is 5. The Labute approximate surface area is 146 Å². The van der Waals surface area contributed by atoms with Crippen molar-refractivity contribution in [2.24, 2.45) is 0 Å². The van der Waals surface area contributed by atoms with Crippen LogP contribution in [-0.2, 0) is 4.79 Å². The summed E-state index contributed by atoms with van der Waals surface area (Å²) in [5.74, 6) is 2.28. The number of rotatable bonds is 7. The zero-order chi connectivity index (χ0) is 17.6. The molecule has 0 amide bonds. The Bertz CT molecular complexity index is 803. The van der Waals surface area contributed by atoms with Gasteiger partial charge in [-0.05, 0) is 49.8 Å². The van der Waals surface area contributed by atoms with E-state index in [4.69, 9.17) is 13.9 Å². The molecule has 0 radical (unpaired) electrons. The van der Waals surface area contributed by atoms with Gasteiger partial charge in [-0.1, -0.05) is 0 Å². The van der Waals surface area contributed by atoms with Gasteiger partial charge in [-0.3, -0.25) is 4.79 Å². The van der Waals surface area contributed by atoms with Gasteiger partial charge >= 0.3 is 0 Å². The molecule has 0 bridgehead atoms. The molecule has 1 heterocycles. The summed E-state index contributed by atoms with van der Waals surface area (Å²) in [7, 11) is 1.61. The fraction of sp³-hybridized carbons (Fsp3) is 0.250. The Kier molecular flexibility index (Phi) is 5.23. The maximum Gasteiger partial charge on any atom is 0.163 e. The molecule has 130 valence electrons. The lowest BCUT2D eigenvalue weighted by atomic mass is 10.2. The minimum absolute atomic E-state index is 0.204.